The summed E-state index contributed by atoms with van der Waals surface area (Å²) in [6.07, 6.45) is -1.02. The average Bonchev–Trinajstić information content (AvgIpc) is 2.47. The zero-order chi connectivity index (χ0) is 15.3. The Morgan fingerprint density at radius 2 is 1.05 bits per heavy atom. The van der Waals surface area contributed by atoms with E-state index in [4.69, 9.17) is 20.9 Å². The standard InChI is InChI=1S/C17H22N2O2/c1-13(18)20-17(21-14(2)19,15-9-5-3-6-10-15)16-11-7-4-8-12-16/h3-14H,18-19H2,1-2H3/t13-,14+. The van der Waals surface area contributed by atoms with Crippen LogP contribution in [0.4, 0.5) is 0 Å². The summed E-state index contributed by atoms with van der Waals surface area (Å²) in [7, 11) is 0. The highest BCUT2D eigenvalue weighted by atomic mass is 16.7. The van der Waals surface area contributed by atoms with E-state index in [-0.39, 0.29) is 0 Å². The molecule has 0 aliphatic carbocycles. The second-order valence-corrected chi connectivity index (χ2v) is 4.99. The molecule has 0 saturated heterocycles. The SMILES string of the molecule is C[C@H](N)OC(O[C@@H](C)N)(c1ccccc1)c1ccccc1. The normalized spacial score (nSPS) is 14.7. The van der Waals surface area contributed by atoms with Gasteiger partial charge in [-0.25, -0.2) is 0 Å². The van der Waals surface area contributed by atoms with Crippen LogP contribution in [-0.2, 0) is 15.3 Å². The third-order valence-corrected chi connectivity index (χ3v) is 3.01. The number of benzene rings is 2. The fourth-order valence-electron chi connectivity index (χ4n) is 2.31. The smallest absolute Gasteiger partial charge is 0.225 e. The maximum atomic E-state index is 6.00. The zero-order valence-electron chi connectivity index (χ0n) is 12.4. The lowest BCUT2D eigenvalue weighted by Crippen LogP contribution is -2.44. The topological polar surface area (TPSA) is 70.5 Å². The van der Waals surface area contributed by atoms with Gasteiger partial charge >= 0.3 is 0 Å². The first-order valence-corrected chi connectivity index (χ1v) is 7.02. The largest absolute Gasteiger partial charge is 0.324 e. The zero-order valence-corrected chi connectivity index (χ0v) is 12.4. The molecule has 21 heavy (non-hydrogen) atoms. The number of ether oxygens (including phenoxy) is 2. The van der Waals surface area contributed by atoms with Crippen LogP contribution >= 0.6 is 0 Å². The van der Waals surface area contributed by atoms with E-state index < -0.39 is 18.2 Å². The molecule has 2 rings (SSSR count). The molecule has 112 valence electrons. The summed E-state index contributed by atoms with van der Waals surface area (Å²) in [5.41, 5.74) is 13.5. The molecule has 0 fully saturated rings. The monoisotopic (exact) mass is 286 g/mol. The molecule has 2 aromatic rings. The Hall–Kier alpha value is -1.72. The molecule has 0 radical (unpaired) electrons. The van der Waals surface area contributed by atoms with Crippen LogP contribution in [0.3, 0.4) is 0 Å². The van der Waals surface area contributed by atoms with E-state index in [1.807, 2.05) is 60.7 Å². The van der Waals surface area contributed by atoms with Crippen molar-refractivity contribution < 1.29 is 9.47 Å². The number of hydrogen-bond acceptors (Lipinski definition) is 4. The fraction of sp³-hybridized carbons (Fsp3) is 0.294. The molecule has 4 heteroatoms. The van der Waals surface area contributed by atoms with Crippen molar-refractivity contribution in [3.05, 3.63) is 71.8 Å². The molecule has 2 atom stereocenters. The van der Waals surface area contributed by atoms with Gasteiger partial charge in [0, 0.05) is 11.1 Å². The first kappa shape index (κ1) is 15.7. The van der Waals surface area contributed by atoms with Crippen molar-refractivity contribution in [3.63, 3.8) is 0 Å². The van der Waals surface area contributed by atoms with Crippen LogP contribution in [0.5, 0.6) is 0 Å². The van der Waals surface area contributed by atoms with Gasteiger partial charge in [0.15, 0.2) is 0 Å². The second kappa shape index (κ2) is 6.83. The van der Waals surface area contributed by atoms with Crippen LogP contribution in [-0.4, -0.2) is 12.5 Å². The summed E-state index contributed by atoms with van der Waals surface area (Å²) in [6, 6.07) is 19.4. The predicted molar refractivity (Wildman–Crippen MR) is 83.1 cm³/mol. The van der Waals surface area contributed by atoms with Gasteiger partial charge in [-0.15, -0.1) is 0 Å². The molecule has 0 aliphatic rings. The first-order valence-electron chi connectivity index (χ1n) is 7.02. The molecule has 0 amide bonds. The van der Waals surface area contributed by atoms with Crippen molar-refractivity contribution in [3.8, 4) is 0 Å². The van der Waals surface area contributed by atoms with Crippen LogP contribution in [0.1, 0.15) is 25.0 Å². The Bertz CT molecular complexity index is 490. The van der Waals surface area contributed by atoms with Crippen LogP contribution < -0.4 is 11.5 Å². The van der Waals surface area contributed by atoms with E-state index in [1.165, 1.54) is 0 Å². The minimum Gasteiger partial charge on any atom is -0.324 e. The number of nitrogens with two attached hydrogens (primary N) is 2. The highest BCUT2D eigenvalue weighted by molar-refractivity contribution is 5.34. The van der Waals surface area contributed by atoms with Gasteiger partial charge < -0.3 is 20.9 Å². The van der Waals surface area contributed by atoms with Crippen LogP contribution in [0.2, 0.25) is 0 Å². The first-order chi connectivity index (χ1) is 10.0. The molecule has 0 spiro atoms. The Labute approximate surface area is 125 Å². The lowest BCUT2D eigenvalue weighted by Gasteiger charge is -2.37. The maximum absolute atomic E-state index is 6.00. The Kier molecular flexibility index (Phi) is 5.09. The summed E-state index contributed by atoms with van der Waals surface area (Å²) in [6.45, 7) is 3.54. The molecule has 0 heterocycles. The maximum Gasteiger partial charge on any atom is 0.225 e. The quantitative estimate of drug-likeness (QED) is 0.801. The van der Waals surface area contributed by atoms with E-state index in [0.29, 0.717) is 0 Å². The Morgan fingerprint density at radius 1 is 0.714 bits per heavy atom. The fourth-order valence-corrected chi connectivity index (χ4v) is 2.31. The molecular weight excluding hydrogens is 264 g/mol. The van der Waals surface area contributed by atoms with Crippen LogP contribution in [0.25, 0.3) is 0 Å². The minimum absolute atomic E-state index is 0.510. The van der Waals surface area contributed by atoms with Crippen molar-refractivity contribution in [2.75, 3.05) is 0 Å². The van der Waals surface area contributed by atoms with Gasteiger partial charge in [-0.3, -0.25) is 0 Å². The second-order valence-electron chi connectivity index (χ2n) is 4.99. The predicted octanol–water partition coefficient (Wildman–Crippen LogP) is 2.53. The Morgan fingerprint density at radius 3 is 1.33 bits per heavy atom. The summed E-state index contributed by atoms with van der Waals surface area (Å²) < 4.78 is 12.0. The van der Waals surface area contributed by atoms with E-state index in [9.17, 15) is 0 Å². The van der Waals surface area contributed by atoms with E-state index >= 15 is 0 Å². The van der Waals surface area contributed by atoms with Gasteiger partial charge in [0.25, 0.3) is 0 Å². The molecule has 0 unspecified atom stereocenters. The molecule has 4 N–H and O–H groups in total. The van der Waals surface area contributed by atoms with Crippen LogP contribution in [0.15, 0.2) is 60.7 Å². The molecule has 2 aromatic carbocycles. The van der Waals surface area contributed by atoms with Crippen molar-refractivity contribution in [2.24, 2.45) is 11.5 Å². The summed E-state index contributed by atoms with van der Waals surface area (Å²) in [4.78, 5) is 0. The van der Waals surface area contributed by atoms with Gasteiger partial charge in [0.2, 0.25) is 5.79 Å². The van der Waals surface area contributed by atoms with E-state index in [1.54, 1.807) is 13.8 Å². The summed E-state index contributed by atoms with van der Waals surface area (Å²) in [5, 5.41) is 0. The molecule has 0 aromatic heterocycles. The number of rotatable bonds is 6. The molecule has 0 saturated carbocycles. The van der Waals surface area contributed by atoms with Crippen LogP contribution in [0, 0.1) is 0 Å². The molecule has 0 bridgehead atoms. The average molecular weight is 286 g/mol. The van der Waals surface area contributed by atoms with E-state index in [0.717, 1.165) is 11.1 Å². The van der Waals surface area contributed by atoms with Gasteiger partial charge in [-0.2, -0.15) is 0 Å². The van der Waals surface area contributed by atoms with Gasteiger partial charge in [0.1, 0.15) is 12.5 Å². The summed E-state index contributed by atoms with van der Waals surface area (Å²) in [5.74, 6) is -1.12. The summed E-state index contributed by atoms with van der Waals surface area (Å²) >= 11 is 0. The van der Waals surface area contributed by atoms with Gasteiger partial charge in [-0.05, 0) is 13.8 Å². The third kappa shape index (κ3) is 3.68. The van der Waals surface area contributed by atoms with Crippen molar-refractivity contribution in [2.45, 2.75) is 32.1 Å². The molecular formula is C17H22N2O2. The highest BCUT2D eigenvalue weighted by Gasteiger charge is 2.39. The third-order valence-electron chi connectivity index (χ3n) is 3.01. The molecule has 4 nitrogen and oxygen atoms in total. The lowest BCUT2D eigenvalue weighted by atomic mass is 9.96. The van der Waals surface area contributed by atoms with Crippen molar-refractivity contribution in [1.82, 2.24) is 0 Å². The Balaban J connectivity index is 2.59. The van der Waals surface area contributed by atoms with E-state index in [2.05, 4.69) is 0 Å². The highest BCUT2D eigenvalue weighted by Crippen LogP contribution is 2.36. The van der Waals surface area contributed by atoms with Crippen molar-refractivity contribution >= 4 is 0 Å². The van der Waals surface area contributed by atoms with Crippen molar-refractivity contribution in [1.29, 1.82) is 0 Å². The number of hydrogen-bond donors (Lipinski definition) is 2. The van der Waals surface area contributed by atoms with Gasteiger partial charge in [0.05, 0.1) is 0 Å². The van der Waals surface area contributed by atoms with Gasteiger partial charge in [-0.1, -0.05) is 60.7 Å². The molecule has 0 aliphatic heterocycles. The lowest BCUT2D eigenvalue weighted by molar-refractivity contribution is -0.255. The minimum atomic E-state index is -1.12.